The number of rotatable bonds is 5. The molecule has 0 radical (unpaired) electrons. The summed E-state index contributed by atoms with van der Waals surface area (Å²) in [7, 11) is 0. The van der Waals surface area contributed by atoms with E-state index in [9.17, 15) is 14.9 Å². The lowest BCUT2D eigenvalue weighted by molar-refractivity contribution is -0.384. The predicted molar refractivity (Wildman–Crippen MR) is 88.9 cm³/mol. The highest BCUT2D eigenvalue weighted by Crippen LogP contribution is 2.30. The molecule has 0 bridgehead atoms. The van der Waals surface area contributed by atoms with Crippen LogP contribution in [0.5, 0.6) is 0 Å². The van der Waals surface area contributed by atoms with Gasteiger partial charge in [-0.2, -0.15) is 0 Å². The first kappa shape index (κ1) is 16.3. The minimum Gasteiger partial charge on any atom is -0.321 e. The first-order valence-electron chi connectivity index (χ1n) is 6.49. The van der Waals surface area contributed by atoms with Crippen LogP contribution < -0.4 is 5.32 Å². The Hall–Kier alpha value is -2.05. The van der Waals surface area contributed by atoms with E-state index in [1.54, 1.807) is 23.9 Å². The van der Waals surface area contributed by atoms with E-state index in [1.807, 2.05) is 13.0 Å². The highest BCUT2D eigenvalue weighted by Gasteiger charge is 2.12. The van der Waals surface area contributed by atoms with E-state index in [-0.39, 0.29) is 11.6 Å². The maximum Gasteiger partial charge on any atom is 0.269 e. The van der Waals surface area contributed by atoms with Crippen LogP contribution in [0.15, 0.2) is 47.4 Å². The fraction of sp³-hybridized carbons (Fsp3) is 0.133. The van der Waals surface area contributed by atoms with E-state index < -0.39 is 4.92 Å². The summed E-state index contributed by atoms with van der Waals surface area (Å²) in [5.74, 6) is 0.525. The van der Waals surface area contributed by atoms with Gasteiger partial charge in [0.1, 0.15) is 0 Å². The lowest BCUT2D eigenvalue weighted by atomic mass is 10.2. The molecule has 7 heteroatoms. The second-order valence-corrected chi connectivity index (χ2v) is 6.07. The summed E-state index contributed by atoms with van der Waals surface area (Å²) in [5.41, 5.74) is 0.919. The molecule has 1 amide bonds. The van der Waals surface area contributed by atoms with Gasteiger partial charge in [0.05, 0.1) is 10.6 Å². The number of nitro groups is 1. The van der Waals surface area contributed by atoms with Gasteiger partial charge in [-0.3, -0.25) is 14.9 Å². The number of non-ortho nitro benzene ring substituents is 1. The van der Waals surface area contributed by atoms with Crippen LogP contribution >= 0.6 is 23.4 Å². The molecule has 2 aromatic carbocycles. The minimum atomic E-state index is -0.505. The highest BCUT2D eigenvalue weighted by atomic mass is 35.5. The first-order valence-corrected chi connectivity index (χ1v) is 7.85. The number of benzene rings is 2. The molecule has 0 saturated carbocycles. The number of halogens is 1. The molecule has 0 aliphatic rings. The average Bonchev–Trinajstić information content (AvgIpc) is 2.50. The van der Waals surface area contributed by atoms with Crippen LogP contribution in [-0.4, -0.2) is 16.6 Å². The van der Waals surface area contributed by atoms with Gasteiger partial charge < -0.3 is 5.32 Å². The van der Waals surface area contributed by atoms with Crippen molar-refractivity contribution >= 4 is 40.6 Å². The van der Waals surface area contributed by atoms with Gasteiger partial charge in [0.15, 0.2) is 0 Å². The fourth-order valence-electron chi connectivity index (χ4n) is 1.81. The number of thioether (sulfide) groups is 1. The number of nitro benzene ring substituents is 1. The standard InChI is InChI=1S/C15H13ClN2O3S/c1-2-22-14-8-5-11(16)9-13(14)17-15(19)10-3-6-12(7-4-10)18(20)21/h3-9H,2H2,1H3,(H,17,19). The van der Waals surface area contributed by atoms with Gasteiger partial charge in [0.25, 0.3) is 11.6 Å². The van der Waals surface area contributed by atoms with Crippen molar-refractivity contribution in [2.24, 2.45) is 0 Å². The number of carbonyl (C=O) groups excluding carboxylic acids is 1. The van der Waals surface area contributed by atoms with E-state index in [1.165, 1.54) is 24.3 Å². The molecule has 0 atom stereocenters. The zero-order valence-corrected chi connectivity index (χ0v) is 13.3. The monoisotopic (exact) mass is 336 g/mol. The molecule has 0 aliphatic heterocycles. The second-order valence-electron chi connectivity index (χ2n) is 4.33. The van der Waals surface area contributed by atoms with Crippen LogP contribution in [0.4, 0.5) is 11.4 Å². The largest absolute Gasteiger partial charge is 0.321 e. The molecule has 0 aliphatic carbocycles. The van der Waals surface area contributed by atoms with Gasteiger partial charge in [-0.15, -0.1) is 11.8 Å². The summed E-state index contributed by atoms with van der Waals surface area (Å²) in [5, 5.41) is 13.9. The van der Waals surface area contributed by atoms with Crippen molar-refractivity contribution in [1.82, 2.24) is 0 Å². The summed E-state index contributed by atoms with van der Waals surface area (Å²) in [4.78, 5) is 23.3. The zero-order chi connectivity index (χ0) is 16.1. The van der Waals surface area contributed by atoms with Gasteiger partial charge in [-0.25, -0.2) is 0 Å². The molecular weight excluding hydrogens is 324 g/mol. The van der Waals surface area contributed by atoms with Crippen molar-refractivity contribution in [3.63, 3.8) is 0 Å². The molecule has 5 nitrogen and oxygen atoms in total. The number of carbonyl (C=O) groups is 1. The third-order valence-corrected chi connectivity index (χ3v) is 4.02. The van der Waals surface area contributed by atoms with Crippen molar-refractivity contribution in [1.29, 1.82) is 0 Å². The SMILES string of the molecule is CCSc1ccc(Cl)cc1NC(=O)c1ccc([N+](=O)[O-])cc1. The maximum atomic E-state index is 12.2. The number of nitrogens with one attached hydrogen (secondary N) is 1. The topological polar surface area (TPSA) is 72.2 Å². The Morgan fingerprint density at radius 3 is 2.55 bits per heavy atom. The van der Waals surface area contributed by atoms with Crippen LogP contribution in [0.25, 0.3) is 0 Å². The average molecular weight is 337 g/mol. The molecule has 0 spiro atoms. The van der Waals surface area contributed by atoms with Crippen molar-refractivity contribution < 1.29 is 9.72 Å². The summed E-state index contributed by atoms with van der Waals surface area (Å²) >= 11 is 7.56. The van der Waals surface area contributed by atoms with Crippen molar-refractivity contribution in [2.45, 2.75) is 11.8 Å². The van der Waals surface area contributed by atoms with Gasteiger partial charge in [0, 0.05) is 27.6 Å². The summed E-state index contributed by atoms with van der Waals surface area (Å²) in [6.07, 6.45) is 0. The molecular formula is C15H13ClN2O3S. The number of amides is 1. The summed E-state index contributed by atoms with van der Waals surface area (Å²) in [6.45, 7) is 2.02. The van der Waals surface area contributed by atoms with Gasteiger partial charge in [0.2, 0.25) is 0 Å². The van der Waals surface area contributed by atoms with Crippen LogP contribution in [0, 0.1) is 10.1 Å². The number of hydrogen-bond acceptors (Lipinski definition) is 4. The molecule has 22 heavy (non-hydrogen) atoms. The first-order chi connectivity index (χ1) is 10.5. The molecule has 0 aromatic heterocycles. The minimum absolute atomic E-state index is 0.0541. The second kappa shape index (κ2) is 7.29. The smallest absolute Gasteiger partial charge is 0.269 e. The molecule has 1 N–H and O–H groups in total. The van der Waals surface area contributed by atoms with Crippen LogP contribution in [0.1, 0.15) is 17.3 Å². The van der Waals surface area contributed by atoms with Crippen LogP contribution in [0.3, 0.4) is 0 Å². The summed E-state index contributed by atoms with van der Waals surface area (Å²) < 4.78 is 0. The van der Waals surface area contributed by atoms with Crippen molar-refractivity contribution in [3.8, 4) is 0 Å². The number of nitrogens with zero attached hydrogens (tertiary/aromatic N) is 1. The Bertz CT molecular complexity index is 704. The Balaban J connectivity index is 2.21. The molecule has 0 saturated heterocycles. The molecule has 0 fully saturated rings. The quantitative estimate of drug-likeness (QED) is 0.491. The van der Waals surface area contributed by atoms with Crippen LogP contribution in [0.2, 0.25) is 5.02 Å². The molecule has 2 rings (SSSR count). The zero-order valence-electron chi connectivity index (χ0n) is 11.7. The maximum absolute atomic E-state index is 12.2. The van der Waals surface area contributed by atoms with Crippen molar-refractivity contribution in [2.75, 3.05) is 11.1 Å². The third-order valence-electron chi connectivity index (χ3n) is 2.83. The lowest BCUT2D eigenvalue weighted by Crippen LogP contribution is -2.12. The van der Waals surface area contributed by atoms with E-state index in [2.05, 4.69) is 5.32 Å². The van der Waals surface area contributed by atoms with E-state index in [0.717, 1.165) is 10.6 Å². The van der Waals surface area contributed by atoms with E-state index >= 15 is 0 Å². The Morgan fingerprint density at radius 2 is 1.95 bits per heavy atom. The van der Waals surface area contributed by atoms with Crippen LogP contribution in [-0.2, 0) is 0 Å². The third kappa shape index (κ3) is 3.99. The van der Waals surface area contributed by atoms with Crippen molar-refractivity contribution in [3.05, 3.63) is 63.2 Å². The molecule has 114 valence electrons. The predicted octanol–water partition coefficient (Wildman–Crippen LogP) is 4.61. The van der Waals surface area contributed by atoms with Gasteiger partial charge >= 0.3 is 0 Å². The van der Waals surface area contributed by atoms with E-state index in [0.29, 0.717) is 16.3 Å². The molecule has 2 aromatic rings. The number of hydrogen-bond donors (Lipinski definition) is 1. The van der Waals surface area contributed by atoms with E-state index in [4.69, 9.17) is 11.6 Å². The highest BCUT2D eigenvalue weighted by molar-refractivity contribution is 7.99. The Kier molecular flexibility index (Phi) is 5.41. The lowest BCUT2D eigenvalue weighted by Gasteiger charge is -2.10. The Labute approximate surface area is 136 Å². The summed E-state index contributed by atoms with van der Waals surface area (Å²) in [6, 6.07) is 10.7. The normalized spacial score (nSPS) is 10.3. The van der Waals surface area contributed by atoms with Gasteiger partial charge in [-0.1, -0.05) is 18.5 Å². The van der Waals surface area contributed by atoms with Gasteiger partial charge in [-0.05, 0) is 36.1 Å². The fourth-order valence-corrected chi connectivity index (χ4v) is 2.72. The molecule has 0 heterocycles. The molecule has 0 unspecified atom stereocenters. The number of anilines is 1. The Morgan fingerprint density at radius 1 is 1.27 bits per heavy atom.